The summed E-state index contributed by atoms with van der Waals surface area (Å²) >= 11 is 0. The molecular formula is C14H22N2O4S. The molecule has 1 unspecified atom stereocenters. The van der Waals surface area contributed by atoms with Gasteiger partial charge in [0.1, 0.15) is 0 Å². The molecule has 0 heterocycles. The van der Waals surface area contributed by atoms with Gasteiger partial charge in [-0.2, -0.15) is 0 Å². The van der Waals surface area contributed by atoms with Crippen molar-refractivity contribution in [1.82, 2.24) is 10.0 Å². The van der Waals surface area contributed by atoms with Gasteiger partial charge in [-0.15, -0.1) is 0 Å². The molecule has 0 aliphatic rings. The third-order valence-corrected chi connectivity index (χ3v) is 4.47. The number of sulfonamides is 1. The Hall–Kier alpha value is -1.44. The summed E-state index contributed by atoms with van der Waals surface area (Å²) < 4.78 is 26.8. The number of aliphatic hydroxyl groups is 1. The topological polar surface area (TPSA) is 95.5 Å². The average Bonchev–Trinajstić information content (AvgIpc) is 2.39. The van der Waals surface area contributed by atoms with Gasteiger partial charge in [0.05, 0.1) is 11.0 Å². The largest absolute Gasteiger partial charge is 0.392 e. The molecule has 7 heteroatoms. The van der Waals surface area contributed by atoms with Gasteiger partial charge < -0.3 is 10.4 Å². The van der Waals surface area contributed by atoms with Crippen LogP contribution < -0.4 is 10.0 Å². The molecule has 1 aromatic rings. The Morgan fingerprint density at radius 1 is 1.33 bits per heavy atom. The molecule has 0 fully saturated rings. The summed E-state index contributed by atoms with van der Waals surface area (Å²) in [6.07, 6.45) is -0.600. The van der Waals surface area contributed by atoms with Crippen molar-refractivity contribution < 1.29 is 18.3 Å². The molecule has 3 N–H and O–H groups in total. The monoisotopic (exact) mass is 314 g/mol. The number of rotatable bonds is 7. The molecule has 0 saturated heterocycles. The molecule has 0 radical (unpaired) electrons. The maximum Gasteiger partial charge on any atom is 0.240 e. The van der Waals surface area contributed by atoms with Crippen LogP contribution in [0.1, 0.15) is 24.5 Å². The fraction of sp³-hybridized carbons (Fsp3) is 0.500. The third-order valence-electron chi connectivity index (χ3n) is 2.87. The average molecular weight is 314 g/mol. The van der Waals surface area contributed by atoms with Crippen LogP contribution in [-0.2, 0) is 14.8 Å². The van der Waals surface area contributed by atoms with Crippen LogP contribution in [0.25, 0.3) is 0 Å². The zero-order valence-electron chi connectivity index (χ0n) is 12.5. The number of hydrogen-bond acceptors (Lipinski definition) is 4. The predicted molar refractivity (Wildman–Crippen MR) is 80.4 cm³/mol. The smallest absolute Gasteiger partial charge is 0.240 e. The molecule has 0 saturated carbocycles. The minimum Gasteiger partial charge on any atom is -0.392 e. The van der Waals surface area contributed by atoms with E-state index in [0.29, 0.717) is 5.56 Å². The lowest BCUT2D eigenvalue weighted by atomic mass is 10.2. The first-order valence-corrected chi connectivity index (χ1v) is 8.22. The van der Waals surface area contributed by atoms with Crippen LogP contribution in [0, 0.1) is 13.8 Å². The SMILES string of the molecule is Cc1ccc(C)c(S(=O)(=O)NCCC(=O)NCC(C)O)c1. The van der Waals surface area contributed by atoms with Crippen molar-refractivity contribution in [3.63, 3.8) is 0 Å². The summed E-state index contributed by atoms with van der Waals surface area (Å²) in [4.78, 5) is 11.7. The summed E-state index contributed by atoms with van der Waals surface area (Å²) in [6.45, 7) is 5.28. The van der Waals surface area contributed by atoms with Gasteiger partial charge >= 0.3 is 0 Å². The van der Waals surface area contributed by atoms with Gasteiger partial charge in [0.25, 0.3) is 0 Å². The van der Waals surface area contributed by atoms with Crippen molar-refractivity contribution in [3.05, 3.63) is 29.3 Å². The van der Waals surface area contributed by atoms with Gasteiger partial charge in [0.2, 0.25) is 15.9 Å². The lowest BCUT2D eigenvalue weighted by molar-refractivity contribution is -0.121. The molecule has 118 valence electrons. The number of hydrogen-bond donors (Lipinski definition) is 3. The maximum absolute atomic E-state index is 12.2. The minimum absolute atomic E-state index is 0.0152. The van der Waals surface area contributed by atoms with Crippen LogP contribution in [0.4, 0.5) is 0 Å². The van der Waals surface area contributed by atoms with Gasteiger partial charge in [-0.3, -0.25) is 4.79 Å². The Morgan fingerprint density at radius 3 is 2.62 bits per heavy atom. The Labute approximate surface area is 125 Å². The van der Waals surface area contributed by atoms with E-state index in [4.69, 9.17) is 5.11 Å². The van der Waals surface area contributed by atoms with Crippen LogP contribution >= 0.6 is 0 Å². The van der Waals surface area contributed by atoms with Gasteiger partial charge in [-0.05, 0) is 38.0 Å². The summed E-state index contributed by atoms with van der Waals surface area (Å²) in [6, 6.07) is 5.20. The molecule has 0 spiro atoms. The highest BCUT2D eigenvalue weighted by Crippen LogP contribution is 2.16. The normalized spacial score (nSPS) is 13.0. The Balaban J connectivity index is 2.58. The number of carbonyl (C=O) groups is 1. The molecule has 0 bridgehead atoms. The van der Waals surface area contributed by atoms with Crippen LogP contribution in [-0.4, -0.2) is 38.6 Å². The molecule has 1 aromatic carbocycles. The second kappa shape index (κ2) is 7.53. The summed E-state index contributed by atoms with van der Waals surface area (Å²) in [7, 11) is -3.62. The van der Waals surface area contributed by atoms with Crippen molar-refractivity contribution in [2.45, 2.75) is 38.2 Å². The zero-order valence-corrected chi connectivity index (χ0v) is 13.3. The Kier molecular flexibility index (Phi) is 6.32. The number of aryl methyl sites for hydroxylation is 2. The first-order chi connectivity index (χ1) is 9.72. The van der Waals surface area contributed by atoms with E-state index in [1.54, 1.807) is 26.0 Å². The van der Waals surface area contributed by atoms with Crippen LogP contribution in [0.5, 0.6) is 0 Å². The number of aliphatic hydroxyl groups excluding tert-OH is 1. The second-order valence-electron chi connectivity index (χ2n) is 5.07. The van der Waals surface area contributed by atoms with E-state index in [2.05, 4.69) is 10.0 Å². The van der Waals surface area contributed by atoms with Crippen molar-refractivity contribution in [2.24, 2.45) is 0 Å². The van der Waals surface area contributed by atoms with E-state index in [-0.39, 0.29) is 30.3 Å². The van der Waals surface area contributed by atoms with E-state index in [9.17, 15) is 13.2 Å². The number of amides is 1. The first-order valence-electron chi connectivity index (χ1n) is 6.74. The van der Waals surface area contributed by atoms with E-state index < -0.39 is 16.1 Å². The summed E-state index contributed by atoms with van der Waals surface area (Å²) in [5.74, 6) is -0.306. The van der Waals surface area contributed by atoms with E-state index in [1.165, 1.54) is 0 Å². The minimum atomic E-state index is -3.62. The molecular weight excluding hydrogens is 292 g/mol. The number of nitrogens with one attached hydrogen (secondary N) is 2. The first kappa shape index (κ1) is 17.6. The van der Waals surface area contributed by atoms with Gasteiger partial charge in [0, 0.05) is 19.5 Å². The van der Waals surface area contributed by atoms with Gasteiger partial charge in [-0.25, -0.2) is 13.1 Å². The number of benzene rings is 1. The van der Waals surface area contributed by atoms with Crippen molar-refractivity contribution in [1.29, 1.82) is 0 Å². The molecule has 1 atom stereocenters. The fourth-order valence-electron chi connectivity index (χ4n) is 1.72. The third kappa shape index (κ3) is 5.82. The van der Waals surface area contributed by atoms with Crippen molar-refractivity contribution in [2.75, 3.05) is 13.1 Å². The van der Waals surface area contributed by atoms with Crippen LogP contribution in [0.15, 0.2) is 23.1 Å². The quantitative estimate of drug-likeness (QED) is 0.682. The van der Waals surface area contributed by atoms with Crippen molar-refractivity contribution >= 4 is 15.9 Å². The fourth-order valence-corrected chi connectivity index (χ4v) is 3.08. The molecule has 0 aliphatic carbocycles. The summed E-state index contributed by atoms with van der Waals surface area (Å²) in [5.41, 5.74) is 1.52. The molecule has 1 amide bonds. The van der Waals surface area contributed by atoms with Crippen LogP contribution in [0.3, 0.4) is 0 Å². The number of carbonyl (C=O) groups excluding carboxylic acids is 1. The van der Waals surface area contributed by atoms with E-state index >= 15 is 0 Å². The van der Waals surface area contributed by atoms with Gasteiger partial charge in [0.15, 0.2) is 0 Å². The standard InChI is InChI=1S/C14H22N2O4S/c1-10-4-5-11(2)13(8-10)21(19,20)16-7-6-14(18)15-9-12(3)17/h4-5,8,12,16-17H,6-7,9H2,1-3H3,(H,15,18). The van der Waals surface area contributed by atoms with Crippen LogP contribution in [0.2, 0.25) is 0 Å². The predicted octanol–water partition coefficient (Wildman–Crippen LogP) is 0.469. The van der Waals surface area contributed by atoms with Gasteiger partial charge in [-0.1, -0.05) is 12.1 Å². The molecule has 6 nitrogen and oxygen atoms in total. The van der Waals surface area contributed by atoms with E-state index in [0.717, 1.165) is 5.56 Å². The lowest BCUT2D eigenvalue weighted by Crippen LogP contribution is -2.34. The molecule has 21 heavy (non-hydrogen) atoms. The summed E-state index contributed by atoms with van der Waals surface area (Å²) in [5, 5.41) is 11.5. The molecule has 0 aliphatic heterocycles. The second-order valence-corrected chi connectivity index (χ2v) is 6.81. The lowest BCUT2D eigenvalue weighted by Gasteiger charge is -2.10. The highest BCUT2D eigenvalue weighted by Gasteiger charge is 2.16. The van der Waals surface area contributed by atoms with Crippen molar-refractivity contribution in [3.8, 4) is 0 Å². The Bertz CT molecular complexity index is 597. The maximum atomic E-state index is 12.2. The molecule has 0 aromatic heterocycles. The Morgan fingerprint density at radius 2 is 2.00 bits per heavy atom. The molecule has 1 rings (SSSR count). The zero-order chi connectivity index (χ0) is 16.0. The highest BCUT2D eigenvalue weighted by atomic mass is 32.2. The highest BCUT2D eigenvalue weighted by molar-refractivity contribution is 7.89. The van der Waals surface area contributed by atoms with E-state index in [1.807, 2.05) is 13.0 Å².